The van der Waals surface area contributed by atoms with Crippen LogP contribution >= 0.6 is 0 Å². The van der Waals surface area contributed by atoms with Crippen molar-refractivity contribution in [1.82, 2.24) is 10.2 Å². The van der Waals surface area contributed by atoms with Gasteiger partial charge in [0.2, 0.25) is 5.91 Å². The summed E-state index contributed by atoms with van der Waals surface area (Å²) in [6.07, 6.45) is 3.11. The Bertz CT molecular complexity index is 467. The number of ether oxygens (including phenoxy) is 1. The minimum Gasteiger partial charge on any atom is -0.492 e. The molecule has 0 radical (unpaired) electrons. The summed E-state index contributed by atoms with van der Waals surface area (Å²) < 4.78 is 18.1. The highest BCUT2D eigenvalue weighted by molar-refractivity contribution is 5.78. The van der Waals surface area contributed by atoms with Gasteiger partial charge in [0.15, 0.2) is 0 Å². The molecule has 5 nitrogen and oxygen atoms in total. The Hall–Kier alpha value is -1.66. The molecule has 1 aliphatic rings. The van der Waals surface area contributed by atoms with Gasteiger partial charge in [-0.15, -0.1) is 0 Å². The van der Waals surface area contributed by atoms with E-state index in [0.29, 0.717) is 25.4 Å². The van der Waals surface area contributed by atoms with Crippen LogP contribution in [0.1, 0.15) is 19.3 Å². The van der Waals surface area contributed by atoms with E-state index in [0.717, 1.165) is 25.8 Å². The quantitative estimate of drug-likeness (QED) is 0.742. The number of rotatable bonds is 7. The van der Waals surface area contributed by atoms with Crippen molar-refractivity contribution in [3.63, 3.8) is 0 Å². The first-order valence-corrected chi connectivity index (χ1v) is 7.69. The smallest absolute Gasteiger partial charge is 0.234 e. The molecule has 0 aromatic heterocycles. The van der Waals surface area contributed by atoms with Crippen LogP contribution in [0.25, 0.3) is 0 Å². The summed E-state index contributed by atoms with van der Waals surface area (Å²) in [5.41, 5.74) is 0. The fourth-order valence-corrected chi connectivity index (χ4v) is 2.61. The van der Waals surface area contributed by atoms with Crippen LogP contribution in [-0.2, 0) is 4.79 Å². The van der Waals surface area contributed by atoms with Crippen molar-refractivity contribution in [3.8, 4) is 5.75 Å². The lowest BCUT2D eigenvalue weighted by Gasteiger charge is -2.33. The number of nitrogens with one attached hydrogen (secondary N) is 1. The largest absolute Gasteiger partial charge is 0.492 e. The number of nitrogens with zero attached hydrogens (tertiary/aromatic N) is 1. The second kappa shape index (κ2) is 8.70. The number of amides is 1. The van der Waals surface area contributed by atoms with Crippen LogP contribution in [0.3, 0.4) is 0 Å². The highest BCUT2D eigenvalue weighted by atomic mass is 19.1. The summed E-state index contributed by atoms with van der Waals surface area (Å²) in [6, 6.07) is 5.86. The van der Waals surface area contributed by atoms with E-state index in [1.807, 2.05) is 4.90 Å². The monoisotopic (exact) mass is 310 g/mol. The van der Waals surface area contributed by atoms with E-state index in [-0.39, 0.29) is 24.4 Å². The molecule has 2 N–H and O–H groups in total. The summed E-state index contributed by atoms with van der Waals surface area (Å²) in [5.74, 6) is 0.204. The van der Waals surface area contributed by atoms with Gasteiger partial charge in [-0.25, -0.2) is 4.39 Å². The molecular weight excluding hydrogens is 287 g/mol. The van der Waals surface area contributed by atoms with Gasteiger partial charge in [0.25, 0.3) is 0 Å². The van der Waals surface area contributed by atoms with E-state index in [4.69, 9.17) is 4.74 Å². The Morgan fingerprint density at radius 3 is 2.86 bits per heavy atom. The summed E-state index contributed by atoms with van der Waals surface area (Å²) in [7, 11) is 0. The number of aliphatic hydroxyl groups is 1. The van der Waals surface area contributed by atoms with E-state index < -0.39 is 0 Å². The molecule has 122 valence electrons. The van der Waals surface area contributed by atoms with Gasteiger partial charge in [-0.3, -0.25) is 9.69 Å². The Balaban J connectivity index is 1.64. The zero-order valence-electron chi connectivity index (χ0n) is 12.6. The maximum absolute atomic E-state index is 12.7. The van der Waals surface area contributed by atoms with Crippen LogP contribution in [-0.4, -0.2) is 54.8 Å². The summed E-state index contributed by atoms with van der Waals surface area (Å²) >= 11 is 0. The number of hydrogen-bond donors (Lipinski definition) is 2. The number of piperidine rings is 1. The first kappa shape index (κ1) is 16.7. The van der Waals surface area contributed by atoms with Crippen molar-refractivity contribution in [2.24, 2.45) is 0 Å². The molecule has 1 amide bonds. The predicted molar refractivity (Wildman–Crippen MR) is 81.2 cm³/mol. The maximum Gasteiger partial charge on any atom is 0.234 e. The number of carbonyl (C=O) groups excluding carboxylic acids is 1. The normalized spacial score (nSPS) is 18.9. The van der Waals surface area contributed by atoms with Crippen molar-refractivity contribution >= 4 is 5.91 Å². The fraction of sp³-hybridized carbons (Fsp3) is 0.562. The number of hydrogen-bond acceptors (Lipinski definition) is 4. The molecule has 2 rings (SSSR count). The molecule has 1 fully saturated rings. The first-order valence-electron chi connectivity index (χ1n) is 7.69. The van der Waals surface area contributed by atoms with Crippen LogP contribution in [0.4, 0.5) is 4.39 Å². The van der Waals surface area contributed by atoms with Crippen LogP contribution in [0, 0.1) is 5.82 Å². The highest BCUT2D eigenvalue weighted by Crippen LogP contribution is 2.15. The second-order valence-corrected chi connectivity index (χ2v) is 5.45. The van der Waals surface area contributed by atoms with E-state index >= 15 is 0 Å². The minimum atomic E-state index is -0.305. The van der Waals surface area contributed by atoms with Gasteiger partial charge in [0.1, 0.15) is 18.2 Å². The van der Waals surface area contributed by atoms with Gasteiger partial charge in [0.05, 0.1) is 19.7 Å². The molecule has 1 unspecified atom stereocenters. The maximum atomic E-state index is 12.7. The third-order valence-corrected chi connectivity index (χ3v) is 3.81. The van der Waals surface area contributed by atoms with Crippen molar-refractivity contribution in [3.05, 3.63) is 30.1 Å². The lowest BCUT2D eigenvalue weighted by molar-refractivity contribution is -0.123. The molecule has 1 heterocycles. The molecule has 1 saturated heterocycles. The molecule has 6 heteroatoms. The van der Waals surface area contributed by atoms with Crippen molar-refractivity contribution in [2.75, 3.05) is 32.8 Å². The van der Waals surface area contributed by atoms with Crippen LogP contribution < -0.4 is 10.1 Å². The number of benzene rings is 1. The number of carbonyl (C=O) groups is 1. The molecule has 1 aliphatic heterocycles. The third-order valence-electron chi connectivity index (χ3n) is 3.81. The first-order chi connectivity index (χ1) is 10.7. The fourth-order valence-electron chi connectivity index (χ4n) is 2.61. The lowest BCUT2D eigenvalue weighted by atomic mass is 10.0. The van der Waals surface area contributed by atoms with Crippen LogP contribution in [0.2, 0.25) is 0 Å². The molecule has 1 aromatic rings. The minimum absolute atomic E-state index is 0.0666. The van der Waals surface area contributed by atoms with Crippen LogP contribution in [0.15, 0.2) is 24.3 Å². The van der Waals surface area contributed by atoms with E-state index in [9.17, 15) is 14.3 Å². The molecule has 0 aliphatic carbocycles. The highest BCUT2D eigenvalue weighted by Gasteiger charge is 2.23. The SMILES string of the molecule is O=C(CN1CCCCC1CO)NCCOc1ccc(F)cc1. The van der Waals surface area contributed by atoms with Gasteiger partial charge in [-0.05, 0) is 43.7 Å². The standard InChI is InChI=1S/C16H23FN2O3/c17-13-4-6-15(7-5-13)22-10-8-18-16(21)11-19-9-2-1-3-14(19)12-20/h4-7,14,20H,1-3,8-12H2,(H,18,21). The van der Waals surface area contributed by atoms with E-state index in [1.165, 1.54) is 12.1 Å². The topological polar surface area (TPSA) is 61.8 Å². The summed E-state index contributed by atoms with van der Waals surface area (Å²) in [6.45, 7) is 1.99. The number of likely N-dealkylation sites (tertiary alicyclic amines) is 1. The lowest BCUT2D eigenvalue weighted by Crippen LogP contribution is -2.47. The average Bonchev–Trinajstić information content (AvgIpc) is 2.54. The predicted octanol–water partition coefficient (Wildman–Crippen LogP) is 1.17. The zero-order valence-corrected chi connectivity index (χ0v) is 12.6. The Kier molecular flexibility index (Phi) is 6.61. The van der Waals surface area contributed by atoms with Gasteiger partial charge in [-0.2, -0.15) is 0 Å². The molecule has 0 saturated carbocycles. The van der Waals surface area contributed by atoms with Crippen molar-refractivity contribution in [1.29, 1.82) is 0 Å². The third kappa shape index (κ3) is 5.27. The van der Waals surface area contributed by atoms with Gasteiger partial charge >= 0.3 is 0 Å². The Morgan fingerprint density at radius 2 is 2.14 bits per heavy atom. The Labute approximate surface area is 130 Å². The van der Waals surface area contributed by atoms with E-state index in [1.54, 1.807) is 12.1 Å². The molecule has 1 atom stereocenters. The summed E-state index contributed by atoms with van der Waals surface area (Å²) in [5, 5.41) is 12.1. The molecule has 0 bridgehead atoms. The van der Waals surface area contributed by atoms with E-state index in [2.05, 4.69) is 5.32 Å². The molecule has 1 aromatic carbocycles. The zero-order chi connectivity index (χ0) is 15.8. The molecular formula is C16H23FN2O3. The van der Waals surface area contributed by atoms with Crippen LogP contribution in [0.5, 0.6) is 5.75 Å². The Morgan fingerprint density at radius 1 is 1.36 bits per heavy atom. The van der Waals surface area contributed by atoms with Gasteiger partial charge in [-0.1, -0.05) is 6.42 Å². The average molecular weight is 310 g/mol. The number of aliphatic hydroxyl groups excluding tert-OH is 1. The summed E-state index contributed by atoms with van der Waals surface area (Å²) in [4.78, 5) is 13.9. The van der Waals surface area contributed by atoms with Crippen molar-refractivity contribution < 1.29 is 19.0 Å². The van der Waals surface area contributed by atoms with Gasteiger partial charge in [0, 0.05) is 6.04 Å². The number of halogens is 1. The van der Waals surface area contributed by atoms with Gasteiger partial charge < -0.3 is 15.2 Å². The second-order valence-electron chi connectivity index (χ2n) is 5.45. The molecule has 0 spiro atoms. The molecule has 22 heavy (non-hydrogen) atoms. The van der Waals surface area contributed by atoms with Crippen molar-refractivity contribution in [2.45, 2.75) is 25.3 Å².